The predicted octanol–water partition coefficient (Wildman–Crippen LogP) is 6.67. The van der Waals surface area contributed by atoms with Crippen LogP contribution in [0.25, 0.3) is 0 Å². The molecule has 0 radical (unpaired) electrons. The number of rotatable bonds is 5. The number of aliphatic hydroxyl groups excluding tert-OH is 1. The Morgan fingerprint density at radius 3 is 2.41 bits per heavy atom. The summed E-state index contributed by atoms with van der Waals surface area (Å²) < 4.78 is 18.2. The van der Waals surface area contributed by atoms with E-state index in [0.29, 0.717) is 11.8 Å². The molecule has 0 spiro atoms. The predicted molar refractivity (Wildman–Crippen MR) is 134 cm³/mol. The third-order valence-electron chi connectivity index (χ3n) is 9.81. The zero-order valence-corrected chi connectivity index (χ0v) is 23.1. The lowest BCUT2D eigenvalue weighted by Crippen LogP contribution is -2.54. The van der Waals surface area contributed by atoms with Gasteiger partial charge in [0, 0.05) is 18.4 Å². The van der Waals surface area contributed by atoms with Crippen LogP contribution in [-0.2, 0) is 13.9 Å². The van der Waals surface area contributed by atoms with Crippen molar-refractivity contribution in [3.63, 3.8) is 0 Å². The zero-order chi connectivity index (χ0) is 24.1. The van der Waals surface area contributed by atoms with Crippen molar-refractivity contribution in [2.45, 2.75) is 104 Å². The van der Waals surface area contributed by atoms with Crippen LogP contribution >= 0.6 is 0 Å². The zero-order valence-electron chi connectivity index (χ0n) is 22.1. The number of allylic oxidation sites excluding steroid dienone is 2. The van der Waals surface area contributed by atoms with Crippen LogP contribution < -0.4 is 0 Å². The SMILES string of the molecule is C=C1[C@@H](OCOC)CC[C@]2(C)[C@@H]1CC1C(O[Si](C)(C)C(C)(C)C)=CCC(C[C@@H]2O)C1(C)C. The van der Waals surface area contributed by atoms with Crippen molar-refractivity contribution in [2.75, 3.05) is 13.9 Å². The van der Waals surface area contributed by atoms with Gasteiger partial charge in [0.15, 0.2) is 0 Å². The van der Waals surface area contributed by atoms with E-state index in [1.165, 1.54) is 5.76 Å². The highest BCUT2D eigenvalue weighted by atomic mass is 28.4. The molecule has 2 unspecified atom stereocenters. The normalized spacial score (nSPS) is 37.8. The van der Waals surface area contributed by atoms with Crippen molar-refractivity contribution >= 4 is 8.32 Å². The van der Waals surface area contributed by atoms with Gasteiger partial charge in [0.25, 0.3) is 0 Å². The van der Waals surface area contributed by atoms with Gasteiger partial charge in [-0.1, -0.05) is 48.1 Å². The Kier molecular flexibility index (Phi) is 7.20. The van der Waals surface area contributed by atoms with Crippen molar-refractivity contribution in [3.8, 4) is 0 Å². The lowest BCUT2D eigenvalue weighted by atomic mass is 9.51. The Hall–Kier alpha value is -0.623. The first kappa shape index (κ1) is 26.0. The number of fused-ring (bicyclic) bond motifs is 3. The number of ether oxygens (including phenoxy) is 2. The van der Waals surface area contributed by atoms with Gasteiger partial charge in [-0.15, -0.1) is 0 Å². The maximum Gasteiger partial charge on any atom is 0.250 e. The number of hydrogen-bond acceptors (Lipinski definition) is 4. The molecule has 3 aliphatic rings. The Balaban J connectivity index is 1.99. The molecule has 2 fully saturated rings. The molecule has 6 atom stereocenters. The fraction of sp³-hybridized carbons (Fsp3) is 0.852. The van der Waals surface area contributed by atoms with Gasteiger partial charge in [0.05, 0.1) is 18.0 Å². The fourth-order valence-corrected chi connectivity index (χ4v) is 7.24. The molecule has 4 nitrogen and oxygen atoms in total. The van der Waals surface area contributed by atoms with Crippen LogP contribution in [0.5, 0.6) is 0 Å². The highest BCUT2D eigenvalue weighted by Gasteiger charge is 2.55. The minimum Gasteiger partial charge on any atom is -0.547 e. The third kappa shape index (κ3) is 4.52. The van der Waals surface area contributed by atoms with Crippen LogP contribution in [0.4, 0.5) is 0 Å². The molecule has 0 aliphatic heterocycles. The minimum atomic E-state index is -1.95. The third-order valence-corrected chi connectivity index (χ3v) is 14.2. The molecule has 32 heavy (non-hydrogen) atoms. The smallest absolute Gasteiger partial charge is 0.250 e. The lowest BCUT2D eigenvalue weighted by molar-refractivity contribution is -0.119. The average molecular weight is 465 g/mol. The molecule has 1 N–H and O–H groups in total. The summed E-state index contributed by atoms with van der Waals surface area (Å²) in [6.07, 6.45) is 6.68. The number of methoxy groups -OCH3 is 1. The summed E-state index contributed by atoms with van der Waals surface area (Å²) in [4.78, 5) is 0. The van der Waals surface area contributed by atoms with Gasteiger partial charge in [-0.05, 0) is 79.1 Å². The summed E-state index contributed by atoms with van der Waals surface area (Å²) >= 11 is 0. The molecular formula is C27H48O4Si. The second-order valence-electron chi connectivity index (χ2n) is 13.0. The lowest BCUT2D eigenvalue weighted by Gasteiger charge is -2.57. The summed E-state index contributed by atoms with van der Waals surface area (Å²) in [6.45, 7) is 23.5. The van der Waals surface area contributed by atoms with Crippen LogP contribution in [0.1, 0.15) is 73.6 Å². The molecule has 0 aromatic heterocycles. The summed E-state index contributed by atoms with van der Waals surface area (Å²) in [5.41, 5.74) is 1.02. The molecule has 2 saturated carbocycles. The van der Waals surface area contributed by atoms with Gasteiger partial charge in [0.1, 0.15) is 6.79 Å². The first-order valence-corrected chi connectivity index (χ1v) is 15.4. The second kappa shape index (κ2) is 8.87. The molecule has 184 valence electrons. The molecule has 0 aromatic carbocycles. The van der Waals surface area contributed by atoms with E-state index in [4.69, 9.17) is 13.9 Å². The second-order valence-corrected chi connectivity index (χ2v) is 17.7. The first-order chi connectivity index (χ1) is 14.6. The van der Waals surface area contributed by atoms with Crippen molar-refractivity contribution in [1.29, 1.82) is 0 Å². The van der Waals surface area contributed by atoms with Gasteiger partial charge in [-0.3, -0.25) is 0 Å². The van der Waals surface area contributed by atoms with E-state index in [1.807, 2.05) is 0 Å². The molecule has 0 saturated heterocycles. The highest BCUT2D eigenvalue weighted by molar-refractivity contribution is 6.74. The maximum absolute atomic E-state index is 11.5. The van der Waals surface area contributed by atoms with Crippen molar-refractivity contribution < 1.29 is 19.0 Å². The van der Waals surface area contributed by atoms with Crippen LogP contribution in [0.15, 0.2) is 24.0 Å². The number of hydrogen-bond donors (Lipinski definition) is 1. The fourth-order valence-electron chi connectivity index (χ4n) is 6.12. The van der Waals surface area contributed by atoms with E-state index in [-0.39, 0.29) is 40.8 Å². The molecule has 2 bridgehead atoms. The molecule has 0 amide bonds. The van der Waals surface area contributed by atoms with Gasteiger partial charge >= 0.3 is 0 Å². The van der Waals surface area contributed by atoms with Gasteiger partial charge in [-0.2, -0.15) is 0 Å². The van der Waals surface area contributed by atoms with E-state index in [9.17, 15) is 5.11 Å². The topological polar surface area (TPSA) is 47.9 Å². The van der Waals surface area contributed by atoms with E-state index in [1.54, 1.807) is 7.11 Å². The van der Waals surface area contributed by atoms with Gasteiger partial charge in [0.2, 0.25) is 8.32 Å². The minimum absolute atomic E-state index is 0.00381. The molecule has 3 aliphatic carbocycles. The van der Waals surface area contributed by atoms with Crippen LogP contribution in [0, 0.1) is 28.6 Å². The Morgan fingerprint density at radius 1 is 1.16 bits per heavy atom. The first-order valence-electron chi connectivity index (χ1n) is 12.5. The Bertz CT molecular complexity index is 734. The van der Waals surface area contributed by atoms with Crippen molar-refractivity contribution in [3.05, 3.63) is 24.0 Å². The average Bonchev–Trinajstić information content (AvgIpc) is 2.66. The largest absolute Gasteiger partial charge is 0.547 e. The van der Waals surface area contributed by atoms with E-state index in [0.717, 1.165) is 37.7 Å². The molecule has 3 rings (SSSR count). The summed E-state index contributed by atoms with van der Waals surface area (Å²) in [5, 5.41) is 11.7. The maximum atomic E-state index is 11.5. The van der Waals surface area contributed by atoms with Gasteiger partial charge < -0.3 is 19.0 Å². The highest BCUT2D eigenvalue weighted by Crippen LogP contribution is 2.60. The Morgan fingerprint density at radius 2 is 1.81 bits per heavy atom. The molecular weight excluding hydrogens is 416 g/mol. The molecule has 0 heterocycles. The van der Waals surface area contributed by atoms with Crippen LogP contribution in [0.2, 0.25) is 18.1 Å². The van der Waals surface area contributed by atoms with E-state index in [2.05, 4.69) is 67.3 Å². The standard InChI is InChI=1S/C27H48O4Si/c1-18-20-16-21-23(31-32(9,10)25(2,3)4)12-11-19(26(21,5)6)15-24(28)27(20,7)14-13-22(18)30-17-29-8/h12,19-22,24,28H,1,11,13-17H2,2-10H3/t19?,20-,21?,22+,24+,27-/m1/s1. The van der Waals surface area contributed by atoms with Crippen molar-refractivity contribution in [1.82, 2.24) is 0 Å². The van der Waals surface area contributed by atoms with E-state index < -0.39 is 8.32 Å². The van der Waals surface area contributed by atoms with Gasteiger partial charge in [-0.25, -0.2) is 0 Å². The number of aliphatic hydroxyl groups is 1. The molecule has 5 heteroatoms. The van der Waals surface area contributed by atoms with Crippen LogP contribution in [0.3, 0.4) is 0 Å². The summed E-state index contributed by atoms with van der Waals surface area (Å²) in [7, 11) is -0.283. The van der Waals surface area contributed by atoms with Crippen molar-refractivity contribution in [2.24, 2.45) is 28.6 Å². The van der Waals surface area contributed by atoms with E-state index >= 15 is 0 Å². The Labute approximate surface area is 197 Å². The molecule has 0 aromatic rings. The summed E-state index contributed by atoms with van der Waals surface area (Å²) in [6, 6.07) is 0. The monoisotopic (exact) mass is 464 g/mol. The van der Waals surface area contributed by atoms with Crippen LogP contribution in [-0.4, -0.2) is 39.5 Å². The quantitative estimate of drug-likeness (QED) is 0.280. The summed E-state index contributed by atoms with van der Waals surface area (Å²) in [5.74, 6) is 2.18.